The highest BCUT2D eigenvalue weighted by Gasteiger charge is 2.27. The maximum Gasteiger partial charge on any atom is 0.148 e. The topological polar surface area (TPSA) is 67.1 Å². The molecular formula is C15H27N5. The van der Waals surface area contributed by atoms with Crippen LogP contribution in [0.5, 0.6) is 0 Å². The number of anilines is 2. The van der Waals surface area contributed by atoms with Crippen LogP contribution in [0, 0.1) is 0 Å². The Balaban J connectivity index is 2.39. The summed E-state index contributed by atoms with van der Waals surface area (Å²) >= 11 is 0. The molecule has 0 radical (unpaired) electrons. The fourth-order valence-corrected chi connectivity index (χ4v) is 3.17. The molecular weight excluding hydrogens is 250 g/mol. The van der Waals surface area contributed by atoms with Crippen molar-refractivity contribution in [2.75, 3.05) is 16.9 Å². The number of nitrogens with one attached hydrogen (secondary N) is 1. The third-order valence-corrected chi connectivity index (χ3v) is 4.10. The van der Waals surface area contributed by atoms with Gasteiger partial charge in [-0.25, -0.2) is 15.8 Å². The first-order valence-corrected chi connectivity index (χ1v) is 7.77. The van der Waals surface area contributed by atoms with E-state index in [2.05, 4.69) is 41.1 Å². The van der Waals surface area contributed by atoms with E-state index < -0.39 is 0 Å². The van der Waals surface area contributed by atoms with Crippen LogP contribution in [-0.4, -0.2) is 22.6 Å². The fourth-order valence-electron chi connectivity index (χ4n) is 3.17. The highest BCUT2D eigenvalue weighted by atomic mass is 15.3. The average Bonchev–Trinajstić information content (AvgIpc) is 2.47. The molecule has 0 aromatic carbocycles. The van der Waals surface area contributed by atoms with E-state index in [0.29, 0.717) is 12.0 Å². The van der Waals surface area contributed by atoms with Crippen LogP contribution >= 0.6 is 0 Å². The molecule has 1 saturated heterocycles. The number of nitrogen functional groups attached to an aromatic ring is 1. The number of hydrazine groups is 1. The quantitative estimate of drug-likeness (QED) is 0.639. The number of piperidine rings is 1. The lowest BCUT2D eigenvalue weighted by molar-refractivity contribution is 0.430. The molecule has 5 heteroatoms. The molecule has 5 nitrogen and oxygen atoms in total. The Morgan fingerprint density at radius 3 is 2.85 bits per heavy atom. The molecule has 2 heterocycles. The van der Waals surface area contributed by atoms with Crippen molar-refractivity contribution in [3.05, 3.63) is 11.9 Å². The summed E-state index contributed by atoms with van der Waals surface area (Å²) in [5.41, 5.74) is 3.86. The Kier molecular flexibility index (Phi) is 5.17. The second kappa shape index (κ2) is 6.88. The van der Waals surface area contributed by atoms with Crippen molar-refractivity contribution in [2.45, 2.75) is 64.8 Å². The maximum atomic E-state index is 5.62. The van der Waals surface area contributed by atoms with Gasteiger partial charge in [-0.3, -0.25) is 0 Å². The van der Waals surface area contributed by atoms with E-state index in [-0.39, 0.29) is 0 Å². The summed E-state index contributed by atoms with van der Waals surface area (Å²) in [4.78, 5) is 11.3. The van der Waals surface area contributed by atoms with Crippen LogP contribution in [0.2, 0.25) is 0 Å². The van der Waals surface area contributed by atoms with Gasteiger partial charge in [0, 0.05) is 18.2 Å². The first-order chi connectivity index (χ1) is 9.69. The van der Waals surface area contributed by atoms with E-state index in [9.17, 15) is 0 Å². The van der Waals surface area contributed by atoms with Crippen molar-refractivity contribution < 1.29 is 0 Å². The lowest BCUT2D eigenvalue weighted by Crippen LogP contribution is -2.41. The summed E-state index contributed by atoms with van der Waals surface area (Å²) in [6.45, 7) is 7.68. The smallest absolute Gasteiger partial charge is 0.148 e. The molecule has 2 rings (SSSR count). The fraction of sp³-hybridized carbons (Fsp3) is 0.733. The van der Waals surface area contributed by atoms with Gasteiger partial charge in [0.05, 0.1) is 0 Å². The van der Waals surface area contributed by atoms with Crippen LogP contribution in [0.25, 0.3) is 0 Å². The third kappa shape index (κ3) is 3.03. The summed E-state index contributed by atoms with van der Waals surface area (Å²) in [5.74, 6) is 7.80. The molecule has 1 atom stereocenters. The van der Waals surface area contributed by atoms with Crippen LogP contribution in [0.15, 0.2) is 6.33 Å². The molecule has 0 amide bonds. The van der Waals surface area contributed by atoms with E-state index >= 15 is 0 Å². The average molecular weight is 277 g/mol. The summed E-state index contributed by atoms with van der Waals surface area (Å²) in [5, 5.41) is 0. The number of rotatable bonds is 5. The number of hydrogen-bond donors (Lipinski definition) is 2. The van der Waals surface area contributed by atoms with Crippen LogP contribution in [0.1, 0.15) is 64.4 Å². The van der Waals surface area contributed by atoms with Crippen molar-refractivity contribution in [1.82, 2.24) is 9.97 Å². The zero-order valence-corrected chi connectivity index (χ0v) is 12.9. The molecule has 3 N–H and O–H groups in total. The van der Waals surface area contributed by atoms with Gasteiger partial charge in [-0.05, 0) is 31.6 Å². The van der Waals surface area contributed by atoms with Gasteiger partial charge in [0.1, 0.15) is 18.0 Å². The molecule has 1 unspecified atom stereocenters. The van der Waals surface area contributed by atoms with Crippen molar-refractivity contribution in [3.8, 4) is 0 Å². The molecule has 1 aliphatic rings. The summed E-state index contributed by atoms with van der Waals surface area (Å²) < 4.78 is 0. The molecule has 20 heavy (non-hydrogen) atoms. The Morgan fingerprint density at radius 2 is 2.20 bits per heavy atom. The van der Waals surface area contributed by atoms with Crippen LogP contribution in [0.4, 0.5) is 11.6 Å². The molecule has 112 valence electrons. The minimum atomic E-state index is 0.349. The Hall–Kier alpha value is -1.36. The Labute approximate surface area is 121 Å². The van der Waals surface area contributed by atoms with Gasteiger partial charge in [0.25, 0.3) is 0 Å². The first-order valence-electron chi connectivity index (χ1n) is 7.77. The maximum absolute atomic E-state index is 5.62. The lowest BCUT2D eigenvalue weighted by Gasteiger charge is -2.38. The highest BCUT2D eigenvalue weighted by Crippen LogP contribution is 2.34. The summed E-state index contributed by atoms with van der Waals surface area (Å²) in [6.07, 6.45) is 7.89. The van der Waals surface area contributed by atoms with Crippen LogP contribution < -0.4 is 16.2 Å². The van der Waals surface area contributed by atoms with E-state index in [1.54, 1.807) is 6.33 Å². The van der Waals surface area contributed by atoms with Crippen molar-refractivity contribution >= 4 is 11.6 Å². The number of aromatic nitrogens is 2. The predicted octanol–water partition coefficient (Wildman–Crippen LogP) is 3.04. The third-order valence-electron chi connectivity index (χ3n) is 4.10. The van der Waals surface area contributed by atoms with Gasteiger partial charge >= 0.3 is 0 Å². The number of nitrogens with two attached hydrogens (primary N) is 1. The van der Waals surface area contributed by atoms with E-state index in [4.69, 9.17) is 5.84 Å². The van der Waals surface area contributed by atoms with Gasteiger partial charge in [0.15, 0.2) is 0 Å². The van der Waals surface area contributed by atoms with E-state index in [1.165, 1.54) is 32.1 Å². The molecule has 1 fully saturated rings. The largest absolute Gasteiger partial charge is 0.353 e. The van der Waals surface area contributed by atoms with Gasteiger partial charge in [-0.15, -0.1) is 0 Å². The standard InChI is InChI=1S/C15H27N5/c1-4-7-12-8-5-6-9-20(12)15-13(11(2)3)14(19-16)17-10-18-15/h10-12H,4-9,16H2,1-3H3,(H,17,18,19). The minimum Gasteiger partial charge on any atom is -0.353 e. The molecule has 1 aromatic rings. The minimum absolute atomic E-state index is 0.349. The zero-order chi connectivity index (χ0) is 14.5. The van der Waals surface area contributed by atoms with Crippen molar-refractivity contribution in [2.24, 2.45) is 5.84 Å². The van der Waals surface area contributed by atoms with Gasteiger partial charge < -0.3 is 10.3 Å². The lowest BCUT2D eigenvalue weighted by atomic mass is 9.96. The molecule has 0 saturated carbocycles. The highest BCUT2D eigenvalue weighted by molar-refractivity contribution is 5.60. The molecule has 1 aliphatic heterocycles. The summed E-state index contributed by atoms with van der Waals surface area (Å²) in [7, 11) is 0. The molecule has 0 spiro atoms. The predicted molar refractivity (Wildman–Crippen MR) is 83.8 cm³/mol. The van der Waals surface area contributed by atoms with Gasteiger partial charge in [0.2, 0.25) is 0 Å². The summed E-state index contributed by atoms with van der Waals surface area (Å²) in [6, 6.07) is 0.603. The van der Waals surface area contributed by atoms with Gasteiger partial charge in [-0.2, -0.15) is 0 Å². The second-order valence-electron chi connectivity index (χ2n) is 5.89. The van der Waals surface area contributed by atoms with Crippen molar-refractivity contribution in [3.63, 3.8) is 0 Å². The van der Waals surface area contributed by atoms with E-state index in [0.717, 1.165) is 23.7 Å². The number of nitrogens with zero attached hydrogens (tertiary/aromatic N) is 3. The molecule has 1 aromatic heterocycles. The molecule has 0 aliphatic carbocycles. The van der Waals surface area contributed by atoms with Crippen LogP contribution in [-0.2, 0) is 0 Å². The molecule has 0 bridgehead atoms. The monoisotopic (exact) mass is 277 g/mol. The first kappa shape index (κ1) is 15.0. The van der Waals surface area contributed by atoms with Crippen molar-refractivity contribution in [1.29, 1.82) is 0 Å². The van der Waals surface area contributed by atoms with Gasteiger partial charge in [-0.1, -0.05) is 27.2 Å². The Morgan fingerprint density at radius 1 is 1.40 bits per heavy atom. The van der Waals surface area contributed by atoms with E-state index in [1.807, 2.05) is 0 Å². The Bertz CT molecular complexity index is 430. The zero-order valence-electron chi connectivity index (χ0n) is 12.9. The second-order valence-corrected chi connectivity index (χ2v) is 5.89. The SMILES string of the molecule is CCCC1CCCCN1c1ncnc(NN)c1C(C)C. The van der Waals surface area contributed by atoms with Crippen LogP contribution in [0.3, 0.4) is 0 Å². The normalized spacial score (nSPS) is 19.4. The number of hydrogen-bond acceptors (Lipinski definition) is 5.